The van der Waals surface area contributed by atoms with E-state index in [1.807, 2.05) is 6.07 Å². The fraction of sp³-hybridized carbons (Fsp3) is 0.182. The second-order valence-corrected chi connectivity index (χ2v) is 7.33. The average Bonchev–Trinajstić information content (AvgIpc) is 2.85. The molecule has 0 atom stereocenters. The lowest BCUT2D eigenvalue weighted by Crippen LogP contribution is -2.04. The zero-order valence-corrected chi connectivity index (χ0v) is 13.3. The fourth-order valence-corrected chi connectivity index (χ4v) is 5.23. The third-order valence-corrected chi connectivity index (χ3v) is 6.56. The average molecular weight is 348 g/mol. The molecular formula is C11H8O5S4. The molecule has 0 bridgehead atoms. The smallest absolute Gasteiger partial charge is 0.135 e. The Kier molecular flexibility index (Phi) is 4.26. The lowest BCUT2D eigenvalue weighted by molar-refractivity contribution is -0.432. The van der Waals surface area contributed by atoms with Crippen LogP contribution < -0.4 is 9.47 Å². The molecule has 1 aliphatic rings. The van der Waals surface area contributed by atoms with Crippen LogP contribution in [-0.2, 0) is 16.0 Å². The van der Waals surface area contributed by atoms with Gasteiger partial charge in [0.15, 0.2) is 0 Å². The molecule has 2 aromatic rings. The quantitative estimate of drug-likeness (QED) is 0.286. The maximum atomic E-state index is 8.24. The van der Waals surface area contributed by atoms with E-state index in [-0.39, 0.29) is 0 Å². The van der Waals surface area contributed by atoms with Gasteiger partial charge in [0.25, 0.3) is 0 Å². The van der Waals surface area contributed by atoms with Gasteiger partial charge in [-0.15, -0.1) is 4.33 Å². The van der Waals surface area contributed by atoms with Crippen molar-refractivity contribution < 1.29 is 24.1 Å². The second kappa shape index (κ2) is 5.98. The normalized spacial score (nSPS) is 12.5. The van der Waals surface area contributed by atoms with Crippen molar-refractivity contribution in [3.05, 3.63) is 21.5 Å². The monoisotopic (exact) mass is 348 g/mol. The Morgan fingerprint density at radius 3 is 3.00 bits per heavy atom. The second-order valence-electron chi connectivity index (χ2n) is 3.78. The van der Waals surface area contributed by atoms with Crippen molar-refractivity contribution in [1.29, 1.82) is 0 Å². The van der Waals surface area contributed by atoms with Crippen molar-refractivity contribution in [2.45, 2.75) is 11.5 Å². The van der Waals surface area contributed by atoms with E-state index >= 15 is 0 Å². The number of hydrogen-bond acceptors (Lipinski definition) is 9. The first-order chi connectivity index (χ1) is 9.74. The van der Waals surface area contributed by atoms with Crippen molar-refractivity contribution in [3.63, 3.8) is 0 Å². The van der Waals surface area contributed by atoms with E-state index in [0.717, 1.165) is 37.6 Å². The van der Waals surface area contributed by atoms with Gasteiger partial charge < -0.3 is 9.47 Å². The minimum atomic E-state index is 0.467. The first kappa shape index (κ1) is 14.3. The summed E-state index contributed by atoms with van der Waals surface area (Å²) >= 11 is 6.13. The minimum Gasteiger partial charge on any atom is -0.495 e. The summed E-state index contributed by atoms with van der Waals surface area (Å²) < 4.78 is 16.4. The molecule has 1 aromatic heterocycles. The van der Waals surface area contributed by atoms with E-state index in [0.29, 0.717) is 17.3 Å². The van der Waals surface area contributed by atoms with Crippen molar-refractivity contribution in [3.8, 4) is 21.9 Å². The van der Waals surface area contributed by atoms with Crippen LogP contribution in [0.15, 0.2) is 17.0 Å². The molecule has 0 fully saturated rings. The molecule has 0 aliphatic carbocycles. The third kappa shape index (κ3) is 2.46. The van der Waals surface area contributed by atoms with E-state index < -0.39 is 0 Å². The van der Waals surface area contributed by atoms with Crippen LogP contribution in [0.2, 0.25) is 0 Å². The first-order valence-corrected chi connectivity index (χ1v) is 8.66. The molecule has 5 nitrogen and oxygen atoms in total. The molecule has 0 unspecified atom stereocenters. The zero-order chi connectivity index (χ0) is 14.1. The van der Waals surface area contributed by atoms with Crippen LogP contribution in [0.4, 0.5) is 0 Å². The maximum absolute atomic E-state index is 8.24. The summed E-state index contributed by atoms with van der Waals surface area (Å²) in [5.41, 5.74) is 2.01. The molecule has 2 heterocycles. The highest BCUT2D eigenvalue weighted by molar-refractivity contribution is 7.94. The maximum Gasteiger partial charge on any atom is 0.135 e. The predicted octanol–water partition coefficient (Wildman–Crippen LogP) is 4.54. The highest BCUT2D eigenvalue weighted by Crippen LogP contribution is 2.47. The van der Waals surface area contributed by atoms with E-state index in [1.54, 1.807) is 33.9 Å². The van der Waals surface area contributed by atoms with Crippen LogP contribution in [0.3, 0.4) is 0 Å². The molecule has 106 valence electrons. The Hall–Kier alpha value is -0.680. The summed E-state index contributed by atoms with van der Waals surface area (Å²) in [5, 5.41) is 11.8. The summed E-state index contributed by atoms with van der Waals surface area (Å²) in [7, 11) is 4.77. The number of methoxy groups -OCH3 is 1. The van der Waals surface area contributed by atoms with E-state index in [9.17, 15) is 0 Å². The van der Waals surface area contributed by atoms with Gasteiger partial charge in [0, 0.05) is 17.2 Å². The molecule has 0 saturated heterocycles. The minimum absolute atomic E-state index is 0.467. The number of hydrogen-bond donors (Lipinski definition) is 1. The molecule has 20 heavy (non-hydrogen) atoms. The van der Waals surface area contributed by atoms with Crippen molar-refractivity contribution in [2.24, 2.45) is 0 Å². The summed E-state index contributed by atoms with van der Waals surface area (Å²) in [4.78, 5) is 1.76. The number of benzene rings is 1. The van der Waals surface area contributed by atoms with Gasteiger partial charge in [-0.25, -0.2) is 5.26 Å². The number of fused-ring (bicyclic) bond motifs is 3. The van der Waals surface area contributed by atoms with Crippen LogP contribution in [0.1, 0.15) is 5.56 Å². The van der Waals surface area contributed by atoms with Gasteiger partial charge in [0.2, 0.25) is 0 Å². The van der Waals surface area contributed by atoms with Crippen LogP contribution in [0, 0.1) is 3.82 Å². The first-order valence-electron chi connectivity index (χ1n) is 5.36. The molecule has 1 aliphatic heterocycles. The van der Waals surface area contributed by atoms with Gasteiger partial charge >= 0.3 is 0 Å². The largest absolute Gasteiger partial charge is 0.495 e. The fourth-order valence-electron chi connectivity index (χ4n) is 1.87. The van der Waals surface area contributed by atoms with Gasteiger partial charge in [-0.2, -0.15) is 0 Å². The lowest BCUT2D eigenvalue weighted by atomic mass is 10.1. The molecule has 0 amide bonds. The number of rotatable bonds is 4. The standard InChI is InChI=1S/C11H8O5S4/c1-13-8-2-5-7(3-9(8)18-16-15-12)14-4-6-10(5)19-20-11(6)17/h2-3,12H,4H2,1H3. The molecule has 1 N–H and O–H groups in total. The van der Waals surface area contributed by atoms with Crippen LogP contribution >= 0.6 is 44.9 Å². The third-order valence-electron chi connectivity index (χ3n) is 2.76. The number of ether oxygens (including phenoxy) is 2. The summed E-state index contributed by atoms with van der Waals surface area (Å²) in [5.74, 6) is 1.33. The van der Waals surface area contributed by atoms with Gasteiger partial charge in [0.1, 0.15) is 21.9 Å². The van der Waals surface area contributed by atoms with Crippen molar-refractivity contribution in [2.75, 3.05) is 7.11 Å². The molecule has 3 rings (SSSR count). The van der Waals surface area contributed by atoms with Gasteiger partial charge in [-0.1, -0.05) is 37.9 Å². The molecular weight excluding hydrogens is 340 g/mol. The summed E-state index contributed by atoms with van der Waals surface area (Å²) in [6, 6.07) is 3.66. The zero-order valence-electron chi connectivity index (χ0n) is 10.1. The Balaban J connectivity index is 2.09. The van der Waals surface area contributed by atoms with Gasteiger partial charge in [0.05, 0.1) is 28.9 Å². The van der Waals surface area contributed by atoms with E-state index in [2.05, 4.69) is 9.37 Å². The van der Waals surface area contributed by atoms with Gasteiger partial charge in [-0.05, 0) is 6.07 Å². The van der Waals surface area contributed by atoms with Crippen LogP contribution in [-0.4, -0.2) is 12.4 Å². The lowest BCUT2D eigenvalue weighted by Gasteiger charge is -2.19. The highest BCUT2D eigenvalue weighted by Gasteiger charge is 2.23. The Bertz CT molecular complexity index is 693. The molecule has 0 spiro atoms. The predicted molar refractivity (Wildman–Crippen MR) is 80.0 cm³/mol. The molecule has 9 heteroatoms. The summed E-state index contributed by atoms with van der Waals surface area (Å²) in [6.45, 7) is 0.467. The van der Waals surface area contributed by atoms with Crippen LogP contribution in [0.5, 0.6) is 11.5 Å². The van der Waals surface area contributed by atoms with Crippen LogP contribution in [0.25, 0.3) is 10.4 Å². The van der Waals surface area contributed by atoms with E-state index in [1.165, 1.54) is 0 Å². The van der Waals surface area contributed by atoms with E-state index in [4.69, 9.17) is 26.9 Å². The van der Waals surface area contributed by atoms with Crippen molar-refractivity contribution >= 4 is 44.9 Å². The SMILES string of the molecule is COc1cc2c(cc1SOOO)OCc1c-2ssc1=S. The van der Waals surface area contributed by atoms with Crippen molar-refractivity contribution in [1.82, 2.24) is 0 Å². The Labute approximate surface area is 131 Å². The molecule has 1 aromatic carbocycles. The molecule has 0 radical (unpaired) electrons. The highest BCUT2D eigenvalue weighted by atomic mass is 32.9. The molecule has 0 saturated carbocycles. The Morgan fingerprint density at radius 2 is 2.25 bits per heavy atom. The Morgan fingerprint density at radius 1 is 1.40 bits per heavy atom. The topological polar surface area (TPSA) is 57.2 Å². The van der Waals surface area contributed by atoms with Gasteiger partial charge in [-0.3, -0.25) is 0 Å². The summed E-state index contributed by atoms with van der Waals surface area (Å²) in [6.07, 6.45) is 0.